The number of aliphatic hydroxyl groups is 6. The summed E-state index contributed by atoms with van der Waals surface area (Å²) in [5, 5.41) is 74.1. The van der Waals surface area contributed by atoms with Crippen LogP contribution < -0.4 is 14.2 Å². The van der Waals surface area contributed by atoms with Crippen molar-refractivity contribution in [3.05, 3.63) is 105 Å². The minimum atomic E-state index is -1.76. The van der Waals surface area contributed by atoms with E-state index in [4.69, 9.17) is 23.7 Å². The number of aromatic nitrogens is 1. The Kier molecular flexibility index (Phi) is 15.3. The molecule has 11 rings (SSSR count). The van der Waals surface area contributed by atoms with E-state index in [2.05, 4.69) is 22.9 Å². The second-order valence-electron chi connectivity index (χ2n) is 23.2. The number of Topliss-reactive ketones (excluding diaryl/α,β-unsaturated/α-hetero) is 1. The summed E-state index contributed by atoms with van der Waals surface area (Å²) in [6.07, 6.45) is 17.7. The number of ether oxygens (including phenoxy) is 5. The van der Waals surface area contributed by atoms with E-state index in [0.29, 0.717) is 68.4 Å². The molecule has 418 valence electrons. The predicted octanol–water partition coefficient (Wildman–Crippen LogP) is 6.12. The molecule has 2 aromatic carbocycles. The molecular weight excluding hydrogens is 997 g/mol. The number of esters is 1. The fourth-order valence-electron chi connectivity index (χ4n) is 15.1. The molecule has 5 heterocycles. The molecule has 2 fully saturated rings. The number of ketones is 1. The van der Waals surface area contributed by atoms with Crippen LogP contribution in [0.1, 0.15) is 105 Å². The van der Waals surface area contributed by atoms with Gasteiger partial charge in [0.05, 0.1) is 43.1 Å². The van der Waals surface area contributed by atoms with Crippen LogP contribution in [0.4, 0.5) is 0 Å². The number of aryl methyl sites for hydroxylation is 1. The number of aliphatic hydroxyl groups excluding tert-OH is 4. The van der Waals surface area contributed by atoms with Crippen molar-refractivity contribution in [1.82, 2.24) is 9.88 Å². The average Bonchev–Trinajstić information content (AvgIpc) is 3.01. The molecule has 1 saturated carbocycles. The smallest absolute Gasteiger partial charge is 0.375 e. The van der Waals surface area contributed by atoms with Gasteiger partial charge in [-0.15, -0.1) is 0 Å². The van der Waals surface area contributed by atoms with E-state index in [-0.39, 0.29) is 96.9 Å². The van der Waals surface area contributed by atoms with Crippen molar-refractivity contribution in [3.8, 4) is 17.2 Å². The molecule has 3 aromatic rings. The van der Waals surface area contributed by atoms with Gasteiger partial charge in [0, 0.05) is 105 Å². The molecule has 11 unspecified atom stereocenters. The summed E-state index contributed by atoms with van der Waals surface area (Å²) < 4.78 is 32.3. The third-order valence-electron chi connectivity index (χ3n) is 18.9. The van der Waals surface area contributed by atoms with Gasteiger partial charge in [0.25, 0.3) is 0 Å². The summed E-state index contributed by atoms with van der Waals surface area (Å²) in [6.45, 7) is 4.65. The summed E-state index contributed by atoms with van der Waals surface area (Å²) in [6, 6.07) is 5.97. The van der Waals surface area contributed by atoms with Crippen LogP contribution in [-0.4, -0.2) is 142 Å². The number of carbonyl (C=O) groups is 3. The van der Waals surface area contributed by atoms with Crippen LogP contribution in [0.2, 0.25) is 0 Å². The number of nitrogens with one attached hydrogen (secondary N) is 1. The van der Waals surface area contributed by atoms with Crippen molar-refractivity contribution in [2.45, 2.75) is 114 Å². The molecule has 1 aromatic heterocycles. The monoisotopic (exact) mass is 1070 g/mol. The van der Waals surface area contributed by atoms with Crippen molar-refractivity contribution >= 4 is 34.5 Å². The first-order chi connectivity index (χ1) is 37.8. The fraction of sp³-hybridized carbons (Fsp3) is 0.565. The number of fused-ring (bicyclic) bond motifs is 10. The number of aldehydes is 1. The second kappa shape index (κ2) is 21.9. The number of benzene rings is 2. The van der Waals surface area contributed by atoms with Gasteiger partial charge in [0.1, 0.15) is 34.2 Å². The Morgan fingerprint density at radius 3 is 2.58 bits per heavy atom. The number of rotatable bonds is 15. The highest BCUT2D eigenvalue weighted by atomic mass is 16.6. The summed E-state index contributed by atoms with van der Waals surface area (Å²) in [5.41, 5.74) is -0.0861. The molecule has 78 heavy (non-hydrogen) atoms. The van der Waals surface area contributed by atoms with Gasteiger partial charge in [-0.05, 0) is 123 Å². The van der Waals surface area contributed by atoms with Crippen LogP contribution in [0.25, 0.3) is 16.5 Å². The van der Waals surface area contributed by atoms with Gasteiger partial charge in [-0.2, -0.15) is 0 Å². The number of H-pyrrole nitrogens is 1. The first-order valence-electron chi connectivity index (χ1n) is 28.5. The van der Waals surface area contributed by atoms with E-state index in [9.17, 15) is 45.0 Å². The third-order valence-corrected chi connectivity index (χ3v) is 18.9. The molecule has 16 nitrogen and oxygen atoms in total. The molecule has 16 heteroatoms. The van der Waals surface area contributed by atoms with Crippen LogP contribution in [0, 0.1) is 41.4 Å². The van der Waals surface area contributed by atoms with Crippen molar-refractivity contribution < 1.29 is 68.7 Å². The minimum absolute atomic E-state index is 0.0110. The summed E-state index contributed by atoms with van der Waals surface area (Å²) in [5.74, 6) is -5.66. The molecule has 1 saturated heterocycles. The molecule has 8 aliphatic rings. The van der Waals surface area contributed by atoms with E-state index >= 15 is 0 Å². The number of aromatic amines is 1. The lowest BCUT2D eigenvalue weighted by Crippen LogP contribution is -2.72. The first kappa shape index (κ1) is 54.5. The van der Waals surface area contributed by atoms with Gasteiger partial charge in [-0.3, -0.25) is 9.59 Å². The summed E-state index contributed by atoms with van der Waals surface area (Å²) in [7, 11) is 1.69. The third kappa shape index (κ3) is 8.84. The Balaban J connectivity index is 1.15. The molecule has 0 amide bonds. The van der Waals surface area contributed by atoms with Gasteiger partial charge < -0.3 is 64.2 Å². The Morgan fingerprint density at radius 2 is 1.83 bits per heavy atom. The molecule has 0 radical (unpaired) electrons. The summed E-state index contributed by atoms with van der Waals surface area (Å²) in [4.78, 5) is 48.6. The van der Waals surface area contributed by atoms with E-state index in [1.165, 1.54) is 0 Å². The quantitative estimate of drug-likeness (QED) is 0.0393. The SMILES string of the molecule is CCCCCC1(O)C=CC(CO)C2C=CC3(Cc4c(c(CO)c5c6c4OCC(CO)CCc4cc7[nH]ccc7cc4C4CC(=C6C(C=O)=C(C(=O)OCC)O5)CC(CO)C4=O)O3)C3(O)C4CCN(CCCOC)CC4C=C1C23. The summed E-state index contributed by atoms with van der Waals surface area (Å²) >= 11 is 0. The normalized spacial score (nSPS) is 32.0. The molecule has 4 aliphatic heterocycles. The van der Waals surface area contributed by atoms with Crippen molar-refractivity contribution in [1.29, 1.82) is 0 Å². The van der Waals surface area contributed by atoms with Crippen LogP contribution in [0.3, 0.4) is 0 Å². The van der Waals surface area contributed by atoms with Gasteiger partial charge in [-0.25, -0.2) is 4.79 Å². The highest BCUT2D eigenvalue weighted by molar-refractivity contribution is 6.11. The largest absolute Gasteiger partial charge is 0.492 e. The van der Waals surface area contributed by atoms with Crippen LogP contribution in [-0.2, 0) is 43.3 Å². The molecule has 2 bridgehead atoms. The maximum absolute atomic E-state index is 14.8. The number of nitrogens with zero attached hydrogens (tertiary/aromatic N) is 1. The number of piperidine rings is 1. The van der Waals surface area contributed by atoms with Gasteiger partial charge >= 0.3 is 5.97 Å². The Labute approximate surface area is 455 Å². The Bertz CT molecular complexity index is 3010. The standard InChI is InChI=1S/C62H76N2O14/c1-4-6-7-15-60(72)16-11-38(30-66)42-12-17-61(62(73)48-14-20-64(19-8-21-74-3)28-40(48)25-49(60)53(42)62)27-45-55(78-61)47(33-69)57-52-51(46(32-68)58(77-57)59(71)75-5-2)39-22-41(31-67)54(70)44(24-39)43-23-37-13-18-63-50(37)26-36(43)10-9-35(29-65)34-76-56(45)52/h11-13,16-18,23,25-26,32,35,38,40-42,44,48,53,63,65-67,69,72-73H,4-10,14-15,19-22,24,27-31,33-34H2,1-3H3. The lowest BCUT2D eigenvalue weighted by Gasteiger charge is -2.62. The van der Waals surface area contributed by atoms with Crippen LogP contribution >= 0.6 is 0 Å². The Morgan fingerprint density at radius 1 is 0.987 bits per heavy atom. The average molecular weight is 1070 g/mol. The fourth-order valence-corrected chi connectivity index (χ4v) is 15.1. The lowest BCUT2D eigenvalue weighted by atomic mass is 9.48. The number of methoxy groups -OCH3 is 1. The number of hydrogen-bond donors (Lipinski definition) is 7. The number of hydrogen-bond acceptors (Lipinski definition) is 15. The molecule has 7 N–H and O–H groups in total. The number of unbranched alkanes of at least 4 members (excludes halogenated alkanes) is 2. The number of carbonyl (C=O) groups excluding carboxylic acids is 3. The molecule has 11 atom stereocenters. The molecule has 1 spiro atoms. The van der Waals surface area contributed by atoms with Gasteiger partial charge in [0.15, 0.2) is 11.9 Å². The number of likely N-dealkylation sites (tertiary alicyclic amines) is 1. The van der Waals surface area contributed by atoms with E-state index in [1.807, 2.05) is 48.7 Å². The highest BCUT2D eigenvalue weighted by Crippen LogP contribution is 2.66. The zero-order chi connectivity index (χ0) is 54.7. The first-order valence-corrected chi connectivity index (χ1v) is 28.5. The van der Waals surface area contributed by atoms with Gasteiger partial charge in [-0.1, -0.05) is 49.6 Å². The zero-order valence-electron chi connectivity index (χ0n) is 45.1. The van der Waals surface area contributed by atoms with Crippen LogP contribution in [0.5, 0.6) is 17.2 Å². The maximum Gasteiger partial charge on any atom is 0.375 e. The number of allylic oxidation sites excluding steroid dienone is 4. The zero-order valence-corrected chi connectivity index (χ0v) is 45.1. The minimum Gasteiger partial charge on any atom is -0.492 e. The second-order valence-corrected chi connectivity index (χ2v) is 23.2. The highest BCUT2D eigenvalue weighted by Gasteiger charge is 2.71. The van der Waals surface area contributed by atoms with E-state index in [0.717, 1.165) is 54.3 Å². The van der Waals surface area contributed by atoms with Crippen molar-refractivity contribution in [2.75, 3.05) is 66.4 Å². The van der Waals surface area contributed by atoms with E-state index in [1.54, 1.807) is 14.0 Å². The van der Waals surface area contributed by atoms with Crippen molar-refractivity contribution in [2.24, 2.45) is 41.4 Å². The van der Waals surface area contributed by atoms with Crippen LogP contribution in [0.15, 0.2) is 77.3 Å². The lowest BCUT2D eigenvalue weighted by molar-refractivity contribution is -0.206. The predicted molar refractivity (Wildman–Crippen MR) is 289 cm³/mol. The van der Waals surface area contributed by atoms with E-state index < -0.39 is 83.2 Å². The topological polar surface area (TPSA) is 238 Å². The van der Waals surface area contributed by atoms with Crippen molar-refractivity contribution in [3.63, 3.8) is 0 Å². The molecule has 4 aliphatic carbocycles. The molecular formula is C62H76N2O14. The Hall–Kier alpha value is -5.43. The van der Waals surface area contributed by atoms with Gasteiger partial charge in [0.2, 0.25) is 5.76 Å². The maximum atomic E-state index is 14.8.